The van der Waals surface area contributed by atoms with Gasteiger partial charge >= 0.3 is 20.2 Å². The molecule has 19 nitrogen and oxygen atoms in total. The number of thiophene rings is 2. The molecule has 354 valence electrons. The van der Waals surface area contributed by atoms with Crippen molar-refractivity contribution in [2.75, 3.05) is 46.6 Å². The zero-order valence-corrected chi connectivity index (χ0v) is 43.2. The van der Waals surface area contributed by atoms with E-state index in [1.54, 1.807) is 23.9 Å². The van der Waals surface area contributed by atoms with Crippen LogP contribution in [0.25, 0.3) is 20.4 Å². The highest BCUT2D eigenvalue weighted by atomic mass is 35.5. The first-order valence-electron chi connectivity index (χ1n) is 20.8. The minimum absolute atomic E-state index is 0.178. The summed E-state index contributed by atoms with van der Waals surface area (Å²) in [5, 5.41) is 26.3. The molecule has 0 unspecified atom stereocenters. The number of nitrogens with zero attached hydrogens (tertiary/aromatic N) is 11. The molecule has 2 aromatic carbocycles. The lowest BCUT2D eigenvalue weighted by molar-refractivity contribution is 0.483. The predicted molar refractivity (Wildman–Crippen MR) is 272 cm³/mol. The lowest BCUT2D eigenvalue weighted by Crippen LogP contribution is -2.21. The molecule has 0 spiro atoms. The van der Waals surface area contributed by atoms with Crippen molar-refractivity contribution in [1.29, 1.82) is 0 Å². The van der Waals surface area contributed by atoms with Crippen LogP contribution in [0.3, 0.4) is 0 Å². The highest BCUT2D eigenvalue weighted by Crippen LogP contribution is 2.47. The van der Waals surface area contributed by atoms with Gasteiger partial charge in [-0.05, 0) is 100.0 Å². The van der Waals surface area contributed by atoms with Gasteiger partial charge in [0.15, 0.2) is 23.6 Å². The van der Waals surface area contributed by atoms with Gasteiger partial charge in [0.05, 0.1) is 32.2 Å². The summed E-state index contributed by atoms with van der Waals surface area (Å²) in [5.74, 6) is 0.416. The maximum Gasteiger partial charge on any atom is 0.305 e. The number of rotatable bonds is 18. The molecular formula is C39H41Cl2N13O6S7. The van der Waals surface area contributed by atoms with Crippen LogP contribution in [0, 0.1) is 0 Å². The normalized spacial score (nSPS) is 14.0. The van der Waals surface area contributed by atoms with Gasteiger partial charge in [-0.15, -0.1) is 20.5 Å². The molecule has 67 heavy (non-hydrogen) atoms. The summed E-state index contributed by atoms with van der Waals surface area (Å²) in [6, 6.07) is 11.3. The molecule has 7 aromatic rings. The Morgan fingerprint density at radius 1 is 0.672 bits per heavy atom. The van der Waals surface area contributed by atoms with Crippen LogP contribution in [-0.4, -0.2) is 81.1 Å². The lowest BCUT2D eigenvalue weighted by Gasteiger charge is -2.23. The number of hydrogen-bond donors (Lipinski definition) is 4. The number of halogens is 2. The molecule has 1 saturated carbocycles. The molecule has 1 aliphatic rings. The Morgan fingerprint density at radius 2 is 1.10 bits per heavy atom. The van der Waals surface area contributed by atoms with Crippen LogP contribution in [0.2, 0.25) is 10.0 Å². The largest absolute Gasteiger partial charge is 0.372 e. The highest BCUT2D eigenvalue weighted by molar-refractivity contribution is 7.99. The lowest BCUT2D eigenvalue weighted by atomic mass is 10.0. The number of fused-ring (bicyclic) bond motifs is 2. The molecule has 0 aliphatic heterocycles. The molecule has 0 radical (unpaired) electrons. The van der Waals surface area contributed by atoms with E-state index >= 15 is 0 Å². The Hall–Kier alpha value is -4.22. The van der Waals surface area contributed by atoms with Crippen molar-refractivity contribution in [2.24, 2.45) is 20.5 Å². The second kappa shape index (κ2) is 20.8. The van der Waals surface area contributed by atoms with Crippen LogP contribution in [0.1, 0.15) is 59.8 Å². The van der Waals surface area contributed by atoms with Crippen molar-refractivity contribution in [3.05, 3.63) is 46.4 Å². The number of azo groups is 2. The van der Waals surface area contributed by atoms with Crippen LogP contribution >= 0.6 is 80.7 Å². The summed E-state index contributed by atoms with van der Waals surface area (Å²) >= 11 is 17.9. The molecule has 0 saturated heterocycles. The fourth-order valence-electron chi connectivity index (χ4n) is 7.27. The van der Waals surface area contributed by atoms with Gasteiger partial charge in [-0.3, -0.25) is 9.11 Å². The Kier molecular flexibility index (Phi) is 15.3. The first kappa shape index (κ1) is 49.2. The van der Waals surface area contributed by atoms with Gasteiger partial charge in [0.25, 0.3) is 0 Å². The third-order valence-electron chi connectivity index (χ3n) is 10.6. The van der Waals surface area contributed by atoms with Gasteiger partial charge in [0.2, 0.25) is 11.9 Å². The maximum absolute atomic E-state index is 12.0. The zero-order chi connectivity index (χ0) is 47.6. The molecule has 0 bridgehead atoms. The van der Waals surface area contributed by atoms with Crippen LogP contribution in [0.15, 0.2) is 70.4 Å². The van der Waals surface area contributed by atoms with Crippen molar-refractivity contribution in [2.45, 2.75) is 78.6 Å². The summed E-state index contributed by atoms with van der Waals surface area (Å²) in [6.45, 7) is 11.2. The maximum atomic E-state index is 12.0. The number of benzene rings is 2. The van der Waals surface area contributed by atoms with Crippen molar-refractivity contribution in [3.8, 4) is 0 Å². The van der Waals surface area contributed by atoms with E-state index in [4.69, 9.17) is 38.2 Å². The summed E-state index contributed by atoms with van der Waals surface area (Å²) in [5.41, 5.74) is 3.61. The summed E-state index contributed by atoms with van der Waals surface area (Å²) < 4.78 is 75.2. The molecule has 5 aromatic heterocycles. The summed E-state index contributed by atoms with van der Waals surface area (Å²) in [6.07, 6.45) is 5.43. The van der Waals surface area contributed by atoms with E-state index in [0.29, 0.717) is 42.8 Å². The van der Waals surface area contributed by atoms with Crippen LogP contribution in [-0.2, 0) is 20.2 Å². The van der Waals surface area contributed by atoms with Crippen molar-refractivity contribution >= 4 is 177 Å². The summed E-state index contributed by atoms with van der Waals surface area (Å²) in [4.78, 5) is 19.6. The van der Waals surface area contributed by atoms with E-state index in [2.05, 4.69) is 77.3 Å². The Labute approximate surface area is 416 Å². The topological polar surface area (TPSA) is 253 Å². The third kappa shape index (κ3) is 11.0. The molecule has 0 amide bonds. The van der Waals surface area contributed by atoms with E-state index in [1.165, 1.54) is 6.42 Å². The van der Waals surface area contributed by atoms with Crippen LogP contribution < -0.4 is 20.4 Å². The highest BCUT2D eigenvalue weighted by Gasteiger charge is 2.27. The Balaban J connectivity index is 1.20. The first-order valence-corrected chi connectivity index (χ1v) is 28.5. The predicted octanol–water partition coefficient (Wildman–Crippen LogP) is 13.4. The quantitative estimate of drug-likeness (QED) is 0.0460. The Morgan fingerprint density at radius 3 is 1.51 bits per heavy atom. The monoisotopic (exact) mass is 1080 g/mol. The van der Waals surface area contributed by atoms with Crippen molar-refractivity contribution in [1.82, 2.24) is 23.7 Å². The van der Waals surface area contributed by atoms with Crippen molar-refractivity contribution in [3.63, 3.8) is 0 Å². The van der Waals surface area contributed by atoms with Gasteiger partial charge < -0.3 is 20.4 Å². The van der Waals surface area contributed by atoms with Crippen molar-refractivity contribution < 1.29 is 25.9 Å². The smallest absolute Gasteiger partial charge is 0.305 e. The number of aromatic nitrogens is 5. The second-order valence-corrected chi connectivity index (χ2v) is 23.5. The average molecular weight is 1080 g/mol. The van der Waals surface area contributed by atoms with Gasteiger partial charge in [0, 0.05) is 42.8 Å². The van der Waals surface area contributed by atoms with E-state index in [9.17, 15) is 25.9 Å². The molecule has 1 aliphatic carbocycles. The number of nitrogens with one attached hydrogen (secondary N) is 2. The minimum Gasteiger partial charge on any atom is -0.372 e. The van der Waals surface area contributed by atoms with Gasteiger partial charge in [-0.1, -0.05) is 76.9 Å². The zero-order valence-electron chi connectivity index (χ0n) is 36.0. The average Bonchev–Trinajstić information content (AvgIpc) is 4.06. The summed E-state index contributed by atoms with van der Waals surface area (Å²) in [7, 11) is -9.17. The van der Waals surface area contributed by atoms with E-state index in [0.717, 1.165) is 109 Å². The van der Waals surface area contributed by atoms with E-state index in [1.807, 2.05) is 24.3 Å². The fraction of sp³-hybridized carbons (Fsp3) is 0.359. The van der Waals surface area contributed by atoms with E-state index in [-0.39, 0.29) is 42.7 Å². The molecule has 8 rings (SSSR count). The molecule has 1 fully saturated rings. The van der Waals surface area contributed by atoms with Gasteiger partial charge in [-0.25, -0.2) is 0 Å². The van der Waals surface area contributed by atoms with Crippen LogP contribution in [0.5, 0.6) is 0 Å². The molecule has 5 heterocycles. The fourth-order valence-corrected chi connectivity index (χ4v) is 15.0. The molecular weight excluding hydrogens is 1040 g/mol. The molecule has 0 atom stereocenters. The van der Waals surface area contributed by atoms with Crippen LogP contribution in [0.4, 0.5) is 56.0 Å². The second-order valence-electron chi connectivity index (χ2n) is 14.7. The first-order chi connectivity index (χ1) is 32.1. The number of thioether (sulfide) groups is 1. The SMILES string of the molecule is CCN(CC)c1ccc(/N=N/c2snc3sc(S(=O)(=O)O)c(Cl)c23)c(Nc2nc(Nc3cc(N(CC)CC)ccc3/N=N/c3snc4sc(S(=O)(=O)O)c(Cl)c34)nc(SC3CCCCC3)n2)c1. The molecule has 4 N–H and O–H groups in total. The van der Waals surface area contributed by atoms with E-state index < -0.39 is 28.7 Å². The van der Waals surface area contributed by atoms with Gasteiger partial charge in [-0.2, -0.15) is 40.5 Å². The van der Waals surface area contributed by atoms with Gasteiger partial charge in [0.1, 0.15) is 21.0 Å². The Bertz CT molecular complexity index is 3040. The number of hydrogen-bond acceptors (Lipinski definition) is 22. The number of anilines is 6. The minimum atomic E-state index is -4.58. The molecule has 28 heteroatoms. The third-order valence-corrected chi connectivity index (χ3v) is 19.5. The standard InChI is InChI=1S/C39H41Cl2N13O6S7/c1-5-53(6-2)20-14-16-23(47-49-31-27-29(40)35(66(55,56)57)62-33(27)51-64-31)25(18-20)42-37-44-38(46-39(45-37)61-22-12-10-9-11-13-22)43-26-19-21(54(7-3)8-4)15-17-24(26)48-50-32-28-30(41)36(67(58,59)60)63-34(28)52-65-32/h14-19,22H,5-13H2,1-4H3,(H,55,56,57)(H,58,59,60)(H2,42,43,44,45,46)/b49-47+,50-48+.